The van der Waals surface area contributed by atoms with Crippen LogP contribution in [0.25, 0.3) is 0 Å². The first-order valence-corrected chi connectivity index (χ1v) is 5.64. The molecule has 0 spiro atoms. The molecule has 8 nitrogen and oxygen atoms in total. The van der Waals surface area contributed by atoms with Gasteiger partial charge in [-0.3, -0.25) is 10.4 Å². The van der Waals surface area contributed by atoms with Crippen molar-refractivity contribution in [2.75, 3.05) is 5.43 Å². The van der Waals surface area contributed by atoms with E-state index in [2.05, 4.69) is 25.4 Å². The largest absolute Gasteiger partial charge is 0.461 e. The van der Waals surface area contributed by atoms with Crippen molar-refractivity contribution >= 4 is 5.95 Å². The molecule has 0 saturated carbocycles. The van der Waals surface area contributed by atoms with Crippen LogP contribution in [0, 0.1) is 0 Å². The number of nitrogens with two attached hydrogens (primary N) is 1. The highest BCUT2D eigenvalue weighted by Crippen LogP contribution is 2.19. The second kappa shape index (κ2) is 5.91. The van der Waals surface area contributed by atoms with E-state index in [1.807, 2.05) is 13.8 Å². The Kier molecular flexibility index (Phi) is 4.04. The van der Waals surface area contributed by atoms with Crippen LogP contribution < -0.4 is 20.7 Å². The lowest BCUT2D eigenvalue weighted by Crippen LogP contribution is -2.14. The quantitative estimate of drug-likeness (QED) is 0.609. The maximum Gasteiger partial charge on any atom is 0.330 e. The molecule has 0 radical (unpaired) electrons. The third-order valence-electron chi connectivity index (χ3n) is 1.91. The third kappa shape index (κ3) is 3.75. The minimum Gasteiger partial charge on any atom is -0.461 e. The summed E-state index contributed by atoms with van der Waals surface area (Å²) < 4.78 is 10.8. The molecule has 0 aromatic carbocycles. The molecule has 0 unspecified atom stereocenters. The molecule has 0 atom stereocenters. The zero-order valence-corrected chi connectivity index (χ0v) is 10.6. The van der Waals surface area contributed by atoms with Gasteiger partial charge in [0.05, 0.1) is 12.3 Å². The molecule has 2 rings (SSSR count). The normalized spacial score (nSPS) is 10.3. The van der Waals surface area contributed by atoms with Gasteiger partial charge in [-0.25, -0.2) is 5.84 Å². The summed E-state index contributed by atoms with van der Waals surface area (Å²) in [5.41, 5.74) is 2.33. The number of nitrogens with one attached hydrogen (secondary N) is 1. The molecule has 0 saturated heterocycles. The molecule has 0 bridgehead atoms. The van der Waals surface area contributed by atoms with Crippen molar-refractivity contribution in [2.45, 2.75) is 20.0 Å². The maximum atomic E-state index is 5.44. The summed E-state index contributed by atoms with van der Waals surface area (Å²) in [6.07, 6.45) is 3.11. The number of nitrogens with zero attached hydrogens (tertiary/aromatic N) is 4. The Morgan fingerprint density at radius 3 is 2.63 bits per heavy atom. The van der Waals surface area contributed by atoms with E-state index in [4.69, 9.17) is 15.3 Å². The van der Waals surface area contributed by atoms with Gasteiger partial charge in [0.1, 0.15) is 5.75 Å². The fraction of sp³-hybridized carbons (Fsp3) is 0.273. The molecular formula is C11H14N6O2. The molecule has 8 heteroatoms. The first-order chi connectivity index (χ1) is 9.17. The number of aromatic nitrogens is 4. The van der Waals surface area contributed by atoms with Crippen molar-refractivity contribution in [2.24, 2.45) is 5.84 Å². The minimum atomic E-state index is -0.0701. The highest BCUT2D eigenvalue weighted by atomic mass is 16.5. The van der Waals surface area contributed by atoms with Crippen LogP contribution in [-0.4, -0.2) is 26.0 Å². The number of pyridine rings is 1. The Bertz CT molecular complexity index is 534. The highest BCUT2D eigenvalue weighted by molar-refractivity contribution is 5.28. The molecule has 2 aromatic heterocycles. The maximum absolute atomic E-state index is 5.44. The number of rotatable bonds is 5. The molecule has 100 valence electrons. The van der Waals surface area contributed by atoms with Crippen molar-refractivity contribution in [3.8, 4) is 17.8 Å². The number of hydrogen-bond acceptors (Lipinski definition) is 8. The molecule has 3 N–H and O–H groups in total. The molecule has 2 aromatic rings. The highest BCUT2D eigenvalue weighted by Gasteiger charge is 2.10. The Hall–Kier alpha value is -2.48. The average molecular weight is 262 g/mol. The number of hydrogen-bond donors (Lipinski definition) is 2. The summed E-state index contributed by atoms with van der Waals surface area (Å²) in [5.74, 6) is 5.95. The third-order valence-corrected chi connectivity index (χ3v) is 1.91. The van der Waals surface area contributed by atoms with Gasteiger partial charge in [-0.05, 0) is 26.0 Å². The Morgan fingerprint density at radius 2 is 2.00 bits per heavy atom. The zero-order valence-electron chi connectivity index (χ0n) is 10.6. The van der Waals surface area contributed by atoms with Gasteiger partial charge in [-0.1, -0.05) is 0 Å². The first kappa shape index (κ1) is 13.0. The van der Waals surface area contributed by atoms with Crippen molar-refractivity contribution < 1.29 is 9.47 Å². The predicted octanol–water partition coefficient (Wildman–Crippen LogP) is 1.13. The van der Waals surface area contributed by atoms with Crippen LogP contribution in [0.2, 0.25) is 0 Å². The van der Waals surface area contributed by atoms with Gasteiger partial charge in [0.15, 0.2) is 0 Å². The van der Waals surface area contributed by atoms with Crippen LogP contribution in [0.3, 0.4) is 0 Å². The lowest BCUT2D eigenvalue weighted by molar-refractivity contribution is 0.218. The van der Waals surface area contributed by atoms with Gasteiger partial charge in [0.2, 0.25) is 5.95 Å². The van der Waals surface area contributed by atoms with Gasteiger partial charge >= 0.3 is 12.0 Å². The molecule has 0 aliphatic carbocycles. The van der Waals surface area contributed by atoms with Crippen molar-refractivity contribution in [1.82, 2.24) is 19.9 Å². The van der Waals surface area contributed by atoms with E-state index in [9.17, 15) is 0 Å². The van der Waals surface area contributed by atoms with E-state index in [-0.39, 0.29) is 24.1 Å². The standard InChI is InChI=1S/C11H14N6O2/c1-7(2)18-10-14-9(17-12)15-11(16-10)19-8-4-3-5-13-6-8/h3-7H,12H2,1-2H3,(H,14,15,16,17). The van der Waals surface area contributed by atoms with Crippen LogP contribution in [0.5, 0.6) is 17.8 Å². The molecule has 19 heavy (non-hydrogen) atoms. The predicted molar refractivity (Wildman–Crippen MR) is 67.7 cm³/mol. The Morgan fingerprint density at radius 1 is 1.21 bits per heavy atom. The zero-order chi connectivity index (χ0) is 13.7. The molecule has 0 aliphatic rings. The van der Waals surface area contributed by atoms with E-state index < -0.39 is 0 Å². The van der Waals surface area contributed by atoms with E-state index in [0.29, 0.717) is 5.75 Å². The van der Waals surface area contributed by atoms with Gasteiger partial charge < -0.3 is 9.47 Å². The summed E-state index contributed by atoms with van der Waals surface area (Å²) in [6.45, 7) is 3.72. The second-order valence-corrected chi connectivity index (χ2v) is 3.83. The second-order valence-electron chi connectivity index (χ2n) is 3.83. The van der Waals surface area contributed by atoms with E-state index >= 15 is 0 Å². The summed E-state index contributed by atoms with van der Waals surface area (Å²) >= 11 is 0. The summed E-state index contributed by atoms with van der Waals surface area (Å²) in [6, 6.07) is 3.68. The number of nitrogen functional groups attached to an aromatic ring is 1. The van der Waals surface area contributed by atoms with Gasteiger partial charge in [0, 0.05) is 6.20 Å². The molecule has 2 heterocycles. The lowest BCUT2D eigenvalue weighted by Gasteiger charge is -2.10. The number of anilines is 1. The van der Waals surface area contributed by atoms with Crippen molar-refractivity contribution in [3.05, 3.63) is 24.5 Å². The Balaban J connectivity index is 2.24. The van der Waals surface area contributed by atoms with Crippen molar-refractivity contribution in [1.29, 1.82) is 0 Å². The van der Waals surface area contributed by atoms with Crippen LogP contribution in [0.4, 0.5) is 5.95 Å². The molecule has 0 amide bonds. The van der Waals surface area contributed by atoms with Gasteiger partial charge in [0.25, 0.3) is 0 Å². The molecular weight excluding hydrogens is 248 g/mol. The smallest absolute Gasteiger partial charge is 0.330 e. The SMILES string of the molecule is CC(C)Oc1nc(NN)nc(Oc2cccnc2)n1. The minimum absolute atomic E-state index is 0.0701. The van der Waals surface area contributed by atoms with E-state index in [0.717, 1.165) is 0 Å². The van der Waals surface area contributed by atoms with Crippen LogP contribution in [0.15, 0.2) is 24.5 Å². The molecule has 0 fully saturated rings. The molecule has 0 aliphatic heterocycles. The van der Waals surface area contributed by atoms with Crippen LogP contribution in [-0.2, 0) is 0 Å². The lowest BCUT2D eigenvalue weighted by atomic mass is 10.5. The van der Waals surface area contributed by atoms with Crippen molar-refractivity contribution in [3.63, 3.8) is 0 Å². The van der Waals surface area contributed by atoms with Crippen LogP contribution >= 0.6 is 0 Å². The Labute approximate surface area is 110 Å². The van der Waals surface area contributed by atoms with E-state index in [1.54, 1.807) is 24.5 Å². The summed E-state index contributed by atoms with van der Waals surface area (Å²) in [7, 11) is 0. The van der Waals surface area contributed by atoms with E-state index in [1.165, 1.54) is 0 Å². The van der Waals surface area contributed by atoms with Crippen LogP contribution in [0.1, 0.15) is 13.8 Å². The van der Waals surface area contributed by atoms with Gasteiger partial charge in [-0.2, -0.15) is 9.97 Å². The summed E-state index contributed by atoms with van der Waals surface area (Å²) in [4.78, 5) is 15.9. The summed E-state index contributed by atoms with van der Waals surface area (Å²) in [5, 5.41) is 0. The number of ether oxygens (including phenoxy) is 2. The number of hydrazine groups is 1. The first-order valence-electron chi connectivity index (χ1n) is 5.64. The topological polar surface area (TPSA) is 108 Å². The monoisotopic (exact) mass is 262 g/mol. The fourth-order valence-corrected chi connectivity index (χ4v) is 1.22. The average Bonchev–Trinajstić information content (AvgIpc) is 2.38. The fourth-order valence-electron chi connectivity index (χ4n) is 1.22. The van der Waals surface area contributed by atoms with Gasteiger partial charge in [-0.15, -0.1) is 4.98 Å².